The van der Waals surface area contributed by atoms with Crippen molar-refractivity contribution in [2.75, 3.05) is 40.0 Å². The number of rotatable bonds is 8. The number of amides is 2. The van der Waals surface area contributed by atoms with Crippen LogP contribution in [0.5, 0.6) is 11.5 Å². The first-order valence-corrected chi connectivity index (χ1v) is 11.0. The molecule has 34 heavy (non-hydrogen) atoms. The van der Waals surface area contributed by atoms with Crippen molar-refractivity contribution < 1.29 is 23.8 Å². The minimum Gasteiger partial charge on any atom is -0.493 e. The topological polar surface area (TPSA) is 108 Å². The Morgan fingerprint density at radius 1 is 1.12 bits per heavy atom. The number of methoxy groups -OCH3 is 1. The van der Waals surface area contributed by atoms with Crippen LogP contribution < -0.4 is 14.8 Å². The smallest absolute Gasteiger partial charge is 0.260 e. The maximum absolute atomic E-state index is 12.8. The molecule has 1 aliphatic heterocycles. The van der Waals surface area contributed by atoms with Crippen molar-refractivity contribution in [3.05, 3.63) is 66.2 Å². The van der Waals surface area contributed by atoms with Gasteiger partial charge in [-0.1, -0.05) is 12.1 Å². The minimum atomic E-state index is -0.248. The molecule has 1 aromatic heterocycles. The molecule has 1 saturated heterocycles. The van der Waals surface area contributed by atoms with Gasteiger partial charge in [0.05, 0.1) is 32.1 Å². The Bertz CT molecular complexity index is 1110. The fourth-order valence-electron chi connectivity index (χ4n) is 3.59. The highest BCUT2D eigenvalue weighted by atomic mass is 16.5. The molecule has 0 spiro atoms. The van der Waals surface area contributed by atoms with E-state index < -0.39 is 0 Å². The average molecular weight is 466 g/mol. The first-order chi connectivity index (χ1) is 16.5. The van der Waals surface area contributed by atoms with Crippen LogP contribution >= 0.6 is 0 Å². The predicted molar refractivity (Wildman–Crippen MR) is 123 cm³/mol. The molecule has 1 fully saturated rings. The van der Waals surface area contributed by atoms with E-state index in [-0.39, 0.29) is 24.5 Å². The third-order valence-corrected chi connectivity index (χ3v) is 5.56. The van der Waals surface area contributed by atoms with Gasteiger partial charge in [-0.3, -0.25) is 9.59 Å². The van der Waals surface area contributed by atoms with E-state index in [1.54, 1.807) is 34.1 Å². The molecule has 10 heteroatoms. The molecule has 1 aliphatic rings. The van der Waals surface area contributed by atoms with E-state index in [1.807, 2.05) is 31.2 Å². The molecule has 0 radical (unpaired) electrons. The zero-order valence-electron chi connectivity index (χ0n) is 19.1. The lowest BCUT2D eigenvalue weighted by molar-refractivity contribution is -0.137. The van der Waals surface area contributed by atoms with E-state index in [1.165, 1.54) is 13.4 Å². The molecular weight excluding hydrogens is 438 g/mol. The number of benzene rings is 2. The molecule has 1 atom stereocenters. The number of morpholine rings is 1. The van der Waals surface area contributed by atoms with E-state index in [2.05, 4.69) is 15.4 Å². The fraction of sp³-hybridized carbons (Fsp3) is 0.333. The van der Waals surface area contributed by atoms with Crippen molar-refractivity contribution >= 4 is 11.8 Å². The summed E-state index contributed by atoms with van der Waals surface area (Å²) in [5, 5.41) is 7.09. The molecule has 2 aromatic carbocycles. The van der Waals surface area contributed by atoms with Crippen LogP contribution in [0.1, 0.15) is 28.9 Å². The van der Waals surface area contributed by atoms with Gasteiger partial charge >= 0.3 is 0 Å². The summed E-state index contributed by atoms with van der Waals surface area (Å²) < 4.78 is 18.0. The van der Waals surface area contributed by atoms with Crippen molar-refractivity contribution in [3.63, 3.8) is 0 Å². The van der Waals surface area contributed by atoms with Crippen LogP contribution in [-0.4, -0.2) is 71.5 Å². The highest BCUT2D eigenvalue weighted by Crippen LogP contribution is 2.28. The van der Waals surface area contributed by atoms with Gasteiger partial charge in [-0.25, -0.2) is 9.67 Å². The molecule has 0 bridgehead atoms. The van der Waals surface area contributed by atoms with Gasteiger partial charge in [0.2, 0.25) is 0 Å². The fourth-order valence-corrected chi connectivity index (χ4v) is 3.59. The lowest BCUT2D eigenvalue weighted by Crippen LogP contribution is -2.43. The van der Waals surface area contributed by atoms with Gasteiger partial charge in [0.15, 0.2) is 18.1 Å². The van der Waals surface area contributed by atoms with Crippen LogP contribution in [0, 0.1) is 0 Å². The Hall–Kier alpha value is -3.92. The van der Waals surface area contributed by atoms with Crippen molar-refractivity contribution in [2.24, 2.45) is 0 Å². The maximum atomic E-state index is 12.8. The average Bonchev–Trinajstić information content (AvgIpc) is 3.43. The zero-order chi connectivity index (χ0) is 23.9. The second-order valence-corrected chi connectivity index (χ2v) is 7.77. The minimum absolute atomic E-state index is 0.108. The summed E-state index contributed by atoms with van der Waals surface area (Å²) in [6.07, 6.45) is 3.10. The first-order valence-electron chi connectivity index (χ1n) is 11.0. The Morgan fingerprint density at radius 3 is 2.56 bits per heavy atom. The monoisotopic (exact) mass is 465 g/mol. The van der Waals surface area contributed by atoms with Crippen LogP contribution in [0.4, 0.5) is 0 Å². The zero-order valence-corrected chi connectivity index (χ0v) is 19.1. The Morgan fingerprint density at radius 2 is 1.88 bits per heavy atom. The van der Waals surface area contributed by atoms with Crippen LogP contribution in [0.15, 0.2) is 55.1 Å². The van der Waals surface area contributed by atoms with Crippen molar-refractivity contribution in [1.29, 1.82) is 0 Å². The number of aromatic nitrogens is 3. The SMILES string of the molecule is COc1cc(C(=O)NC(C)c2ccc(-n3cncn3)cc2)ccc1OCC(=O)N1CCOCC1. The Kier molecular flexibility index (Phi) is 7.38. The number of hydrogen-bond donors (Lipinski definition) is 1. The summed E-state index contributed by atoms with van der Waals surface area (Å²) in [6.45, 7) is 3.98. The molecule has 2 heterocycles. The molecule has 4 rings (SSSR count). The van der Waals surface area contributed by atoms with Crippen LogP contribution in [0.2, 0.25) is 0 Å². The molecule has 1 N–H and O–H groups in total. The highest BCUT2D eigenvalue weighted by Gasteiger charge is 2.19. The van der Waals surface area contributed by atoms with E-state index in [9.17, 15) is 9.59 Å². The van der Waals surface area contributed by atoms with Crippen LogP contribution in [0.3, 0.4) is 0 Å². The van der Waals surface area contributed by atoms with E-state index in [0.29, 0.717) is 43.4 Å². The van der Waals surface area contributed by atoms with Gasteiger partial charge in [-0.15, -0.1) is 0 Å². The molecule has 0 aliphatic carbocycles. The molecule has 1 unspecified atom stereocenters. The predicted octanol–water partition coefficient (Wildman–Crippen LogP) is 2.00. The van der Waals surface area contributed by atoms with Gasteiger partial charge in [-0.2, -0.15) is 5.10 Å². The number of nitrogens with zero attached hydrogens (tertiary/aromatic N) is 4. The number of hydrogen-bond acceptors (Lipinski definition) is 7. The molecular formula is C24H27N5O5. The third-order valence-electron chi connectivity index (χ3n) is 5.56. The van der Waals surface area contributed by atoms with Crippen molar-refractivity contribution in [1.82, 2.24) is 25.0 Å². The van der Waals surface area contributed by atoms with E-state index in [4.69, 9.17) is 14.2 Å². The molecule has 0 saturated carbocycles. The highest BCUT2D eigenvalue weighted by molar-refractivity contribution is 5.95. The Balaban J connectivity index is 1.36. The van der Waals surface area contributed by atoms with Gasteiger partial charge in [-0.05, 0) is 42.8 Å². The van der Waals surface area contributed by atoms with E-state index in [0.717, 1.165) is 11.3 Å². The molecule has 2 amide bonds. The van der Waals surface area contributed by atoms with Crippen LogP contribution in [-0.2, 0) is 9.53 Å². The number of ether oxygens (including phenoxy) is 3. The summed E-state index contributed by atoms with van der Waals surface area (Å²) in [5.74, 6) is 0.419. The summed E-state index contributed by atoms with van der Waals surface area (Å²) >= 11 is 0. The Labute approximate surface area is 197 Å². The lowest BCUT2D eigenvalue weighted by Gasteiger charge is -2.26. The largest absolute Gasteiger partial charge is 0.493 e. The lowest BCUT2D eigenvalue weighted by atomic mass is 10.1. The standard InChI is InChI=1S/C24H27N5O5/c1-17(18-3-6-20(7-4-18)29-16-25-15-26-29)27-24(31)19-5-8-21(22(13-19)32-2)34-14-23(30)28-9-11-33-12-10-28/h3-8,13,15-17H,9-12,14H2,1-2H3,(H,27,31). The van der Waals surface area contributed by atoms with Crippen molar-refractivity contribution in [3.8, 4) is 17.2 Å². The molecule has 3 aromatic rings. The third kappa shape index (κ3) is 5.52. The van der Waals surface area contributed by atoms with Gasteiger partial charge in [0.1, 0.15) is 12.7 Å². The number of carbonyl (C=O) groups excluding carboxylic acids is 2. The van der Waals surface area contributed by atoms with Gasteiger partial charge in [0.25, 0.3) is 11.8 Å². The summed E-state index contributed by atoms with van der Waals surface area (Å²) in [4.78, 5) is 30.8. The molecule has 178 valence electrons. The van der Waals surface area contributed by atoms with Crippen molar-refractivity contribution in [2.45, 2.75) is 13.0 Å². The second kappa shape index (κ2) is 10.8. The maximum Gasteiger partial charge on any atom is 0.260 e. The summed E-state index contributed by atoms with van der Waals surface area (Å²) in [5.41, 5.74) is 2.26. The van der Waals surface area contributed by atoms with Crippen LogP contribution in [0.25, 0.3) is 5.69 Å². The van der Waals surface area contributed by atoms with Gasteiger partial charge < -0.3 is 24.4 Å². The quantitative estimate of drug-likeness (QED) is 0.542. The normalized spacial score (nSPS) is 14.4. The molecule has 10 nitrogen and oxygen atoms in total. The second-order valence-electron chi connectivity index (χ2n) is 7.77. The summed E-state index contributed by atoms with van der Waals surface area (Å²) in [6, 6.07) is 12.4. The first kappa shape index (κ1) is 23.2. The number of carbonyl (C=O) groups is 2. The van der Waals surface area contributed by atoms with E-state index >= 15 is 0 Å². The summed E-state index contributed by atoms with van der Waals surface area (Å²) in [7, 11) is 1.49. The van der Waals surface area contributed by atoms with Gasteiger partial charge in [0, 0.05) is 18.7 Å². The number of nitrogens with one attached hydrogen (secondary N) is 1.